The van der Waals surface area contributed by atoms with Crippen LogP contribution in [0, 0.1) is 17.8 Å². The second kappa shape index (κ2) is 17.5. The highest BCUT2D eigenvalue weighted by atomic mass is 16.6. The summed E-state index contributed by atoms with van der Waals surface area (Å²) in [5.74, 6) is -3.12. The van der Waals surface area contributed by atoms with E-state index in [1.165, 1.54) is 0 Å². The summed E-state index contributed by atoms with van der Waals surface area (Å²) in [6.45, 7) is 17.3. The van der Waals surface area contributed by atoms with Crippen molar-refractivity contribution in [1.29, 1.82) is 0 Å². The first-order valence-electron chi connectivity index (χ1n) is 18.9. The van der Waals surface area contributed by atoms with Crippen molar-refractivity contribution in [3.63, 3.8) is 0 Å². The number of nitrogens with zero attached hydrogens (tertiary/aromatic N) is 4. The van der Waals surface area contributed by atoms with Gasteiger partial charge in [-0.3, -0.25) is 24.1 Å². The number of hydrogen-bond acceptors (Lipinski definition) is 9. The van der Waals surface area contributed by atoms with Gasteiger partial charge in [0.15, 0.2) is 0 Å². The molecule has 1 aromatic carbocycles. The van der Waals surface area contributed by atoms with Crippen LogP contribution in [0.3, 0.4) is 0 Å². The summed E-state index contributed by atoms with van der Waals surface area (Å²) in [4.78, 5) is 64.4. The fourth-order valence-electron chi connectivity index (χ4n) is 8.68. The van der Waals surface area contributed by atoms with Gasteiger partial charge in [0.25, 0.3) is 0 Å². The van der Waals surface area contributed by atoms with Gasteiger partial charge in [-0.15, -0.1) is 13.2 Å². The molecule has 4 aliphatic heterocycles. The number of allylic oxidation sites excluding steroid dienone is 1. The van der Waals surface area contributed by atoms with Crippen molar-refractivity contribution in [2.75, 3.05) is 59.6 Å². The Morgan fingerprint density at radius 3 is 2.46 bits per heavy atom. The summed E-state index contributed by atoms with van der Waals surface area (Å²) in [7, 11) is 1.70. The van der Waals surface area contributed by atoms with Gasteiger partial charge < -0.3 is 34.0 Å². The lowest BCUT2D eigenvalue weighted by molar-refractivity contribution is -0.165. The molecule has 1 spiro atoms. The third-order valence-electron chi connectivity index (χ3n) is 11.4. The fourth-order valence-corrected chi connectivity index (χ4v) is 8.68. The second-order valence-corrected chi connectivity index (χ2v) is 15.1. The molecule has 52 heavy (non-hydrogen) atoms. The third kappa shape index (κ3) is 8.00. The molecular formula is C40H58N4O8. The normalized spacial score (nSPS) is 27.2. The average Bonchev–Trinajstić information content (AvgIpc) is 3.80. The molecule has 0 aliphatic carbocycles. The first-order chi connectivity index (χ1) is 25.0. The Kier molecular flexibility index (Phi) is 13.3. The smallest absolute Gasteiger partial charge is 0.313 e. The van der Waals surface area contributed by atoms with E-state index >= 15 is 0 Å². The molecule has 4 fully saturated rings. The summed E-state index contributed by atoms with van der Waals surface area (Å²) in [5, 5.41) is 10.7. The van der Waals surface area contributed by atoms with Gasteiger partial charge in [0, 0.05) is 46.2 Å². The highest BCUT2D eigenvalue weighted by Gasteiger charge is 2.75. The van der Waals surface area contributed by atoms with E-state index in [4.69, 9.17) is 14.2 Å². The highest BCUT2D eigenvalue weighted by molar-refractivity contribution is 5.98. The van der Waals surface area contributed by atoms with Crippen LogP contribution in [0.2, 0.25) is 0 Å². The van der Waals surface area contributed by atoms with E-state index in [1.807, 2.05) is 51.1 Å². The van der Waals surface area contributed by atoms with Gasteiger partial charge in [-0.1, -0.05) is 56.3 Å². The maximum atomic E-state index is 14.9. The van der Waals surface area contributed by atoms with Crippen molar-refractivity contribution in [3.8, 4) is 0 Å². The number of carbonyl (C=O) groups excluding carboxylic acids is 4. The molecule has 1 aromatic rings. The number of amides is 3. The van der Waals surface area contributed by atoms with Crippen molar-refractivity contribution < 1.29 is 38.5 Å². The lowest BCUT2D eigenvalue weighted by atomic mass is 9.70. The van der Waals surface area contributed by atoms with Crippen LogP contribution < -0.4 is 0 Å². The number of carbonyl (C=O) groups is 4. The lowest BCUT2D eigenvalue weighted by Gasteiger charge is -2.40. The van der Waals surface area contributed by atoms with Crippen LogP contribution in [-0.2, 0) is 33.4 Å². The zero-order chi connectivity index (χ0) is 37.6. The van der Waals surface area contributed by atoms with Crippen molar-refractivity contribution in [2.24, 2.45) is 17.8 Å². The minimum absolute atomic E-state index is 0.104. The summed E-state index contributed by atoms with van der Waals surface area (Å²) in [6, 6.07) is 7.10. The first kappa shape index (κ1) is 39.6. The number of morpholine rings is 1. The maximum absolute atomic E-state index is 14.9. The van der Waals surface area contributed by atoms with Gasteiger partial charge in [-0.2, -0.15) is 0 Å². The SMILES string of the molecule is C=CCCC(=O)N(C)[C@@H](C)[C@@H](OC(=O)[C@@H]1[C@H]2C(=O)N([C@@H](CO)CC(C)C)[C@H](C(=O)N(CC=C)CCN3CCOCC3)[C@]23CC[C@H]1O3)c1ccccc1. The number of aliphatic hydroxyl groups excluding tert-OH is 1. The quantitative estimate of drug-likeness (QED) is 0.180. The summed E-state index contributed by atoms with van der Waals surface area (Å²) in [5.41, 5.74) is -0.535. The van der Waals surface area contributed by atoms with Crippen molar-refractivity contribution in [2.45, 2.75) is 88.8 Å². The lowest BCUT2D eigenvalue weighted by Crippen LogP contribution is -2.59. The first-order valence-corrected chi connectivity index (χ1v) is 18.9. The molecular weight excluding hydrogens is 664 g/mol. The van der Waals surface area contributed by atoms with E-state index in [1.54, 1.807) is 33.9 Å². The number of hydrogen-bond donors (Lipinski definition) is 1. The van der Waals surface area contributed by atoms with Gasteiger partial charge in [0.2, 0.25) is 17.7 Å². The molecule has 0 radical (unpaired) electrons. The van der Waals surface area contributed by atoms with Crippen LogP contribution in [0.5, 0.6) is 0 Å². The maximum Gasteiger partial charge on any atom is 0.313 e. The van der Waals surface area contributed by atoms with Crippen molar-refractivity contribution in [3.05, 3.63) is 61.2 Å². The van der Waals surface area contributed by atoms with Crippen LogP contribution in [0.15, 0.2) is 55.6 Å². The molecule has 4 heterocycles. The predicted octanol–water partition coefficient (Wildman–Crippen LogP) is 3.21. The molecule has 4 saturated heterocycles. The van der Waals surface area contributed by atoms with Crippen LogP contribution >= 0.6 is 0 Å². The number of aliphatic hydroxyl groups is 1. The molecule has 12 nitrogen and oxygen atoms in total. The van der Waals surface area contributed by atoms with Crippen LogP contribution in [0.1, 0.15) is 64.5 Å². The van der Waals surface area contributed by atoms with Gasteiger partial charge in [0.1, 0.15) is 17.7 Å². The largest absolute Gasteiger partial charge is 0.455 e. The number of ether oxygens (including phenoxy) is 3. The van der Waals surface area contributed by atoms with E-state index in [2.05, 4.69) is 18.1 Å². The van der Waals surface area contributed by atoms with E-state index in [9.17, 15) is 24.3 Å². The third-order valence-corrected chi connectivity index (χ3v) is 11.4. The van der Waals surface area contributed by atoms with Crippen LogP contribution in [0.25, 0.3) is 0 Å². The Morgan fingerprint density at radius 2 is 1.83 bits per heavy atom. The van der Waals surface area contributed by atoms with E-state index < -0.39 is 53.7 Å². The Morgan fingerprint density at radius 1 is 1.12 bits per heavy atom. The topological polar surface area (TPSA) is 129 Å². The molecule has 12 heteroatoms. The predicted molar refractivity (Wildman–Crippen MR) is 196 cm³/mol. The van der Waals surface area contributed by atoms with E-state index in [0.717, 1.165) is 18.7 Å². The van der Waals surface area contributed by atoms with Gasteiger partial charge in [0.05, 0.1) is 49.8 Å². The molecule has 2 bridgehead atoms. The fraction of sp³-hybridized carbons (Fsp3) is 0.650. The number of rotatable bonds is 18. The monoisotopic (exact) mass is 722 g/mol. The molecule has 5 rings (SSSR count). The molecule has 0 saturated carbocycles. The summed E-state index contributed by atoms with van der Waals surface area (Å²) in [6.07, 6.45) is 4.13. The minimum atomic E-state index is -1.25. The molecule has 0 unspecified atom stereocenters. The van der Waals surface area contributed by atoms with Gasteiger partial charge >= 0.3 is 5.97 Å². The van der Waals surface area contributed by atoms with Gasteiger partial charge in [-0.05, 0) is 44.1 Å². The van der Waals surface area contributed by atoms with Crippen LogP contribution in [-0.4, -0.2) is 138 Å². The molecule has 1 N–H and O–H groups in total. The second-order valence-electron chi connectivity index (χ2n) is 15.1. The van der Waals surface area contributed by atoms with Crippen LogP contribution in [0.4, 0.5) is 0 Å². The van der Waals surface area contributed by atoms with E-state index in [0.29, 0.717) is 52.0 Å². The molecule has 286 valence electrons. The van der Waals surface area contributed by atoms with Crippen molar-refractivity contribution >= 4 is 23.7 Å². The Balaban J connectivity index is 1.47. The number of likely N-dealkylation sites (N-methyl/N-ethyl adjacent to an activating group) is 1. The number of likely N-dealkylation sites (tertiary alicyclic amines) is 1. The number of benzene rings is 1. The molecule has 8 atom stereocenters. The zero-order valence-electron chi connectivity index (χ0n) is 31.4. The van der Waals surface area contributed by atoms with Gasteiger partial charge in [-0.25, -0.2) is 0 Å². The minimum Gasteiger partial charge on any atom is -0.455 e. The standard InChI is InChI=1S/C40H58N4O8/c1-7-9-15-32(46)41(6)28(5)35(29-13-11-10-12-14-29)51-39(49)33-31-16-17-40(52-31)34(33)37(47)44(30(26-45)25-27(3)4)36(40)38(48)43(18-8-2)20-19-42-21-23-50-24-22-42/h7-8,10-14,27-28,30-31,33-36,45H,1-2,9,15-26H2,3-6H3/t28-,30+,31+,33-,34-,35+,36+,40-/m0/s1. The number of esters is 1. The van der Waals surface area contributed by atoms with Crippen molar-refractivity contribution in [1.82, 2.24) is 19.6 Å². The Hall–Kier alpha value is -3.58. The summed E-state index contributed by atoms with van der Waals surface area (Å²) < 4.78 is 18.6. The van der Waals surface area contributed by atoms with E-state index in [-0.39, 0.29) is 43.2 Å². The number of fused-ring (bicyclic) bond motifs is 1. The average molecular weight is 723 g/mol. The molecule has 4 aliphatic rings. The highest BCUT2D eigenvalue weighted by Crippen LogP contribution is 2.59. The summed E-state index contributed by atoms with van der Waals surface area (Å²) >= 11 is 0. The Labute approximate surface area is 308 Å². The Bertz CT molecular complexity index is 1430. The molecule has 3 amide bonds. The zero-order valence-corrected chi connectivity index (χ0v) is 31.4. The molecule has 0 aromatic heterocycles.